The molecule has 0 spiro atoms. The molecule has 0 amide bonds. The highest BCUT2D eigenvalue weighted by Crippen LogP contribution is 2.14. The van der Waals surface area contributed by atoms with Crippen molar-refractivity contribution >= 4 is 17.9 Å². The fraction of sp³-hybridized carbons (Fsp3) is 0.732. The standard InChI is InChI=1S/C56H96O6/c1-4-7-10-13-16-19-22-24-25-26-27-28-29-30-31-32-35-37-40-43-46-49-55(58)61-52-53(51-60-54(57)48-45-42-39-36-33-21-18-15-12-9-6-3)62-56(59)50-47-44-41-38-34-23-20-17-14-11-8-5-2/h7,10,15-20,24-25,27-28,53H,4-6,8-9,11-14,21-23,26,29-52H2,1-3H3/b10-7-,18-15-,19-16-,20-17-,25-24-,28-27-. The summed E-state index contributed by atoms with van der Waals surface area (Å²) >= 11 is 0. The molecule has 1 unspecified atom stereocenters. The molecular formula is C56H96O6. The Morgan fingerprint density at radius 1 is 0.339 bits per heavy atom. The van der Waals surface area contributed by atoms with Gasteiger partial charge in [0.25, 0.3) is 0 Å². The van der Waals surface area contributed by atoms with E-state index < -0.39 is 6.10 Å². The van der Waals surface area contributed by atoms with Crippen molar-refractivity contribution in [3.05, 3.63) is 72.9 Å². The monoisotopic (exact) mass is 865 g/mol. The lowest BCUT2D eigenvalue weighted by atomic mass is 10.1. The Hall–Kier alpha value is -3.15. The van der Waals surface area contributed by atoms with Gasteiger partial charge < -0.3 is 14.2 Å². The zero-order valence-corrected chi connectivity index (χ0v) is 40.6. The Morgan fingerprint density at radius 3 is 1.05 bits per heavy atom. The Balaban J connectivity index is 4.33. The van der Waals surface area contributed by atoms with Gasteiger partial charge in [0.1, 0.15) is 13.2 Å². The summed E-state index contributed by atoms with van der Waals surface area (Å²) in [5, 5.41) is 0. The molecule has 0 radical (unpaired) electrons. The van der Waals surface area contributed by atoms with E-state index in [1.807, 2.05) is 0 Å². The van der Waals surface area contributed by atoms with Crippen LogP contribution in [-0.2, 0) is 28.6 Å². The molecule has 0 heterocycles. The minimum absolute atomic E-state index is 0.0857. The maximum atomic E-state index is 12.8. The molecule has 0 rings (SSSR count). The number of unbranched alkanes of at least 4 members (excludes halogenated alkanes) is 23. The summed E-state index contributed by atoms with van der Waals surface area (Å²) < 4.78 is 16.8. The van der Waals surface area contributed by atoms with Crippen LogP contribution in [0.15, 0.2) is 72.9 Å². The van der Waals surface area contributed by atoms with Gasteiger partial charge in [-0.2, -0.15) is 0 Å². The van der Waals surface area contributed by atoms with Gasteiger partial charge in [0, 0.05) is 19.3 Å². The number of rotatable bonds is 46. The van der Waals surface area contributed by atoms with Gasteiger partial charge >= 0.3 is 17.9 Å². The molecule has 0 aliphatic carbocycles. The van der Waals surface area contributed by atoms with Crippen molar-refractivity contribution in [3.8, 4) is 0 Å². The lowest BCUT2D eigenvalue weighted by Crippen LogP contribution is -2.30. The lowest BCUT2D eigenvalue weighted by molar-refractivity contribution is -0.167. The number of hydrogen-bond donors (Lipinski definition) is 0. The van der Waals surface area contributed by atoms with E-state index in [1.165, 1.54) is 96.3 Å². The van der Waals surface area contributed by atoms with Crippen LogP contribution in [0.4, 0.5) is 0 Å². The van der Waals surface area contributed by atoms with Gasteiger partial charge in [-0.3, -0.25) is 14.4 Å². The van der Waals surface area contributed by atoms with E-state index in [1.54, 1.807) is 0 Å². The largest absolute Gasteiger partial charge is 0.462 e. The van der Waals surface area contributed by atoms with Crippen molar-refractivity contribution in [1.29, 1.82) is 0 Å². The molecule has 0 saturated carbocycles. The predicted octanol–water partition coefficient (Wildman–Crippen LogP) is 17.0. The summed E-state index contributed by atoms with van der Waals surface area (Å²) in [5.41, 5.74) is 0. The molecule has 0 aromatic rings. The van der Waals surface area contributed by atoms with Crippen LogP contribution in [0.2, 0.25) is 0 Å². The van der Waals surface area contributed by atoms with Crippen LogP contribution < -0.4 is 0 Å². The molecule has 0 aliphatic heterocycles. The van der Waals surface area contributed by atoms with Gasteiger partial charge in [-0.25, -0.2) is 0 Å². The maximum absolute atomic E-state index is 12.8. The minimum Gasteiger partial charge on any atom is -0.462 e. The SMILES string of the molecule is CC/C=C\C/C=C\C/C=C\C/C=C\CCCCCCCCCCC(=O)OCC(COC(=O)CCCCCCC/C=C\CCCC)OC(=O)CCCCCCC/C=C\CCCCC. The fourth-order valence-electron chi connectivity index (χ4n) is 7.00. The van der Waals surface area contributed by atoms with E-state index in [-0.39, 0.29) is 31.1 Å². The highest BCUT2D eigenvalue weighted by molar-refractivity contribution is 5.71. The molecule has 0 bridgehead atoms. The third-order valence-corrected chi connectivity index (χ3v) is 10.9. The van der Waals surface area contributed by atoms with E-state index >= 15 is 0 Å². The number of ether oxygens (including phenoxy) is 3. The smallest absolute Gasteiger partial charge is 0.306 e. The normalized spacial score (nSPS) is 12.6. The average Bonchev–Trinajstić information content (AvgIpc) is 3.27. The van der Waals surface area contributed by atoms with Crippen LogP contribution in [0.1, 0.15) is 245 Å². The van der Waals surface area contributed by atoms with E-state index in [0.29, 0.717) is 19.3 Å². The first kappa shape index (κ1) is 58.9. The maximum Gasteiger partial charge on any atom is 0.306 e. The van der Waals surface area contributed by atoms with Gasteiger partial charge in [0.2, 0.25) is 0 Å². The van der Waals surface area contributed by atoms with Crippen LogP contribution in [0.3, 0.4) is 0 Å². The van der Waals surface area contributed by atoms with E-state index in [9.17, 15) is 14.4 Å². The molecule has 0 aromatic heterocycles. The second-order valence-corrected chi connectivity index (χ2v) is 17.0. The second-order valence-electron chi connectivity index (χ2n) is 17.0. The van der Waals surface area contributed by atoms with Crippen LogP contribution in [-0.4, -0.2) is 37.2 Å². The van der Waals surface area contributed by atoms with Gasteiger partial charge in [-0.05, 0) is 103 Å². The molecular weight excluding hydrogens is 769 g/mol. The lowest BCUT2D eigenvalue weighted by Gasteiger charge is -2.18. The second kappa shape index (κ2) is 50.5. The van der Waals surface area contributed by atoms with Crippen molar-refractivity contribution in [1.82, 2.24) is 0 Å². The molecule has 0 aromatic carbocycles. The van der Waals surface area contributed by atoms with Crippen LogP contribution >= 0.6 is 0 Å². The summed E-state index contributed by atoms with van der Waals surface area (Å²) in [6, 6.07) is 0. The number of hydrogen-bond acceptors (Lipinski definition) is 6. The highest BCUT2D eigenvalue weighted by atomic mass is 16.6. The van der Waals surface area contributed by atoms with Gasteiger partial charge in [-0.15, -0.1) is 0 Å². The average molecular weight is 865 g/mol. The number of carbonyl (C=O) groups excluding carboxylic acids is 3. The molecule has 0 N–H and O–H groups in total. The Bertz CT molecular complexity index is 1180. The molecule has 62 heavy (non-hydrogen) atoms. The molecule has 0 aliphatic rings. The topological polar surface area (TPSA) is 78.9 Å². The third kappa shape index (κ3) is 47.9. The first-order valence-electron chi connectivity index (χ1n) is 25.9. The van der Waals surface area contributed by atoms with E-state index in [4.69, 9.17) is 14.2 Å². The van der Waals surface area contributed by atoms with Crippen LogP contribution in [0.25, 0.3) is 0 Å². The van der Waals surface area contributed by atoms with Crippen LogP contribution in [0, 0.1) is 0 Å². The van der Waals surface area contributed by atoms with Gasteiger partial charge in [-0.1, -0.05) is 196 Å². The summed E-state index contributed by atoms with van der Waals surface area (Å²) in [5.74, 6) is -0.912. The van der Waals surface area contributed by atoms with Gasteiger partial charge in [0.05, 0.1) is 0 Å². The number of allylic oxidation sites excluding steroid dienone is 12. The number of esters is 3. The van der Waals surface area contributed by atoms with Crippen LogP contribution in [0.5, 0.6) is 0 Å². The van der Waals surface area contributed by atoms with Crippen molar-refractivity contribution in [2.24, 2.45) is 0 Å². The van der Waals surface area contributed by atoms with Crippen molar-refractivity contribution < 1.29 is 28.6 Å². The zero-order valence-electron chi connectivity index (χ0n) is 40.6. The molecule has 356 valence electrons. The number of carbonyl (C=O) groups is 3. The predicted molar refractivity (Wildman–Crippen MR) is 265 cm³/mol. The summed E-state index contributed by atoms with van der Waals surface area (Å²) in [6.07, 6.45) is 63.1. The van der Waals surface area contributed by atoms with Crippen molar-refractivity contribution in [2.75, 3.05) is 13.2 Å². The molecule has 6 heteroatoms. The molecule has 0 saturated heterocycles. The minimum atomic E-state index is -0.784. The summed E-state index contributed by atoms with van der Waals surface area (Å²) in [4.78, 5) is 37.9. The molecule has 0 fully saturated rings. The quantitative estimate of drug-likeness (QED) is 0.0262. The van der Waals surface area contributed by atoms with Crippen molar-refractivity contribution in [2.45, 2.75) is 252 Å². The fourth-order valence-corrected chi connectivity index (χ4v) is 7.00. The Labute approximate surface area is 382 Å². The van der Waals surface area contributed by atoms with E-state index in [2.05, 4.69) is 93.7 Å². The summed E-state index contributed by atoms with van der Waals surface area (Å²) in [7, 11) is 0. The first-order valence-corrected chi connectivity index (χ1v) is 25.9. The molecule has 1 atom stereocenters. The van der Waals surface area contributed by atoms with Gasteiger partial charge in [0.15, 0.2) is 6.10 Å². The van der Waals surface area contributed by atoms with E-state index in [0.717, 1.165) is 109 Å². The Morgan fingerprint density at radius 2 is 0.645 bits per heavy atom. The third-order valence-electron chi connectivity index (χ3n) is 10.9. The first-order chi connectivity index (χ1) is 30.5. The summed E-state index contributed by atoms with van der Waals surface area (Å²) in [6.45, 7) is 6.44. The van der Waals surface area contributed by atoms with Crippen molar-refractivity contribution in [3.63, 3.8) is 0 Å². The highest BCUT2D eigenvalue weighted by Gasteiger charge is 2.19. The Kier molecular flexibility index (Phi) is 47.9. The molecule has 6 nitrogen and oxygen atoms in total. The zero-order chi connectivity index (χ0) is 45.1.